The number of anilines is 2. The molecule has 1 aliphatic heterocycles. The molecule has 1 atom stereocenters. The Labute approximate surface area is 124 Å². The molecule has 20 heavy (non-hydrogen) atoms. The molecule has 0 bridgehead atoms. The van der Waals surface area contributed by atoms with E-state index in [1.807, 2.05) is 30.3 Å². The van der Waals surface area contributed by atoms with Crippen LogP contribution in [0.4, 0.5) is 15.8 Å². The largest absolute Gasteiger partial charge is 0.372 e. The van der Waals surface area contributed by atoms with Gasteiger partial charge in [-0.3, -0.25) is 4.79 Å². The number of halogens is 2. The van der Waals surface area contributed by atoms with Crippen molar-refractivity contribution in [3.8, 4) is 0 Å². The van der Waals surface area contributed by atoms with Crippen LogP contribution in [-0.4, -0.2) is 11.9 Å². The van der Waals surface area contributed by atoms with Gasteiger partial charge in [-0.05, 0) is 27.6 Å². The highest BCUT2D eigenvalue weighted by Crippen LogP contribution is 2.32. The molecule has 3 nitrogen and oxygen atoms in total. The van der Waals surface area contributed by atoms with E-state index in [0.29, 0.717) is 16.6 Å². The first-order valence-electron chi connectivity index (χ1n) is 6.24. The summed E-state index contributed by atoms with van der Waals surface area (Å²) in [6.45, 7) is 0. The van der Waals surface area contributed by atoms with E-state index in [0.717, 1.165) is 11.3 Å². The van der Waals surface area contributed by atoms with Crippen LogP contribution in [-0.2, 0) is 11.2 Å². The van der Waals surface area contributed by atoms with Gasteiger partial charge < -0.3 is 10.6 Å². The molecule has 5 heteroatoms. The summed E-state index contributed by atoms with van der Waals surface area (Å²) >= 11 is 3.15. The van der Waals surface area contributed by atoms with Crippen molar-refractivity contribution in [3.05, 3.63) is 58.3 Å². The summed E-state index contributed by atoms with van der Waals surface area (Å²) in [4.78, 5) is 12.0. The Morgan fingerprint density at radius 3 is 2.65 bits per heavy atom. The van der Waals surface area contributed by atoms with Crippen molar-refractivity contribution in [1.82, 2.24) is 0 Å². The Kier molecular flexibility index (Phi) is 3.44. The number of benzene rings is 2. The highest BCUT2D eigenvalue weighted by atomic mass is 79.9. The normalized spacial score (nSPS) is 17.1. The molecule has 1 aliphatic rings. The maximum absolute atomic E-state index is 13.5. The SMILES string of the molecule is O=C1Nc2cc(F)c(Br)cc2NC1Cc1ccccc1. The number of amides is 1. The highest BCUT2D eigenvalue weighted by molar-refractivity contribution is 9.10. The molecule has 102 valence electrons. The molecule has 0 aromatic heterocycles. The predicted molar refractivity (Wildman–Crippen MR) is 80.3 cm³/mol. The average molecular weight is 335 g/mol. The third-order valence-corrected chi connectivity index (χ3v) is 3.85. The quantitative estimate of drug-likeness (QED) is 0.881. The number of rotatable bonds is 2. The molecule has 0 saturated carbocycles. The molecule has 0 spiro atoms. The van der Waals surface area contributed by atoms with Crippen molar-refractivity contribution >= 4 is 33.2 Å². The Bertz CT molecular complexity index is 660. The fraction of sp³-hybridized carbons (Fsp3) is 0.133. The molecule has 1 unspecified atom stereocenters. The van der Waals surface area contributed by atoms with E-state index >= 15 is 0 Å². The van der Waals surface area contributed by atoms with Gasteiger partial charge in [0, 0.05) is 12.5 Å². The van der Waals surface area contributed by atoms with Crippen LogP contribution in [0.15, 0.2) is 46.9 Å². The first kappa shape index (κ1) is 13.1. The summed E-state index contributed by atoms with van der Waals surface area (Å²) in [6.07, 6.45) is 0.584. The average Bonchev–Trinajstić information content (AvgIpc) is 2.43. The number of nitrogens with one attached hydrogen (secondary N) is 2. The highest BCUT2D eigenvalue weighted by Gasteiger charge is 2.26. The lowest BCUT2D eigenvalue weighted by Gasteiger charge is -2.27. The first-order valence-corrected chi connectivity index (χ1v) is 7.03. The van der Waals surface area contributed by atoms with Gasteiger partial charge in [0.15, 0.2) is 0 Å². The van der Waals surface area contributed by atoms with Crippen molar-refractivity contribution in [2.75, 3.05) is 10.6 Å². The summed E-state index contributed by atoms with van der Waals surface area (Å²) < 4.78 is 13.8. The van der Waals surface area contributed by atoms with Crippen LogP contribution < -0.4 is 10.6 Å². The molecule has 2 N–H and O–H groups in total. The number of carbonyl (C=O) groups is 1. The topological polar surface area (TPSA) is 41.1 Å². The summed E-state index contributed by atoms with van der Waals surface area (Å²) in [5.74, 6) is -0.546. The van der Waals surface area contributed by atoms with E-state index < -0.39 is 5.82 Å². The Balaban J connectivity index is 1.85. The number of carbonyl (C=O) groups excluding carboxylic acids is 1. The van der Waals surface area contributed by atoms with Crippen LogP contribution in [0.1, 0.15) is 5.56 Å². The summed E-state index contributed by atoms with van der Waals surface area (Å²) in [7, 11) is 0. The maximum atomic E-state index is 13.5. The third kappa shape index (κ3) is 2.54. The summed E-state index contributed by atoms with van der Waals surface area (Å²) in [5, 5.41) is 5.89. The second-order valence-corrected chi connectivity index (χ2v) is 5.54. The van der Waals surface area contributed by atoms with E-state index in [1.165, 1.54) is 6.07 Å². The predicted octanol–water partition coefficient (Wildman–Crippen LogP) is 3.56. The number of fused-ring (bicyclic) bond motifs is 1. The standard InChI is InChI=1S/C15H12BrFN2O/c16-10-7-12-13(8-11(10)17)19-15(20)14(18-12)6-9-4-2-1-3-5-9/h1-5,7-8,14,18H,6H2,(H,19,20). The number of hydrogen-bond acceptors (Lipinski definition) is 2. The van der Waals surface area contributed by atoms with Gasteiger partial charge in [0.25, 0.3) is 0 Å². The molecule has 1 heterocycles. The van der Waals surface area contributed by atoms with Crippen molar-refractivity contribution in [1.29, 1.82) is 0 Å². The first-order chi connectivity index (χ1) is 9.63. The van der Waals surface area contributed by atoms with E-state index in [-0.39, 0.29) is 11.9 Å². The summed E-state index contributed by atoms with van der Waals surface area (Å²) in [6, 6.07) is 12.4. The van der Waals surface area contributed by atoms with Gasteiger partial charge in [0.05, 0.1) is 15.8 Å². The monoisotopic (exact) mass is 334 g/mol. The molecule has 2 aromatic rings. The van der Waals surface area contributed by atoms with Crippen molar-refractivity contribution < 1.29 is 9.18 Å². The molecule has 0 fully saturated rings. The molecular formula is C15H12BrFN2O. The molecule has 0 aliphatic carbocycles. The van der Waals surface area contributed by atoms with E-state index in [4.69, 9.17) is 0 Å². The van der Waals surface area contributed by atoms with E-state index in [9.17, 15) is 9.18 Å². The lowest BCUT2D eigenvalue weighted by molar-refractivity contribution is -0.117. The van der Waals surface area contributed by atoms with Crippen molar-refractivity contribution in [2.24, 2.45) is 0 Å². The number of hydrogen-bond donors (Lipinski definition) is 2. The van der Waals surface area contributed by atoms with Crippen LogP contribution in [0.2, 0.25) is 0 Å². The van der Waals surface area contributed by atoms with E-state index in [2.05, 4.69) is 26.6 Å². The Morgan fingerprint density at radius 1 is 1.15 bits per heavy atom. The molecule has 2 aromatic carbocycles. The minimum absolute atomic E-state index is 0.150. The lowest BCUT2D eigenvalue weighted by atomic mass is 10.0. The van der Waals surface area contributed by atoms with Crippen LogP contribution in [0.3, 0.4) is 0 Å². The fourth-order valence-electron chi connectivity index (χ4n) is 2.24. The molecule has 0 saturated heterocycles. The molecule has 0 radical (unpaired) electrons. The van der Waals surface area contributed by atoms with Crippen LogP contribution in [0.25, 0.3) is 0 Å². The van der Waals surface area contributed by atoms with Gasteiger partial charge in [-0.1, -0.05) is 30.3 Å². The fourth-order valence-corrected chi connectivity index (χ4v) is 2.58. The second-order valence-electron chi connectivity index (χ2n) is 4.69. The van der Waals surface area contributed by atoms with Gasteiger partial charge in [-0.2, -0.15) is 0 Å². The zero-order valence-electron chi connectivity index (χ0n) is 10.5. The van der Waals surface area contributed by atoms with Crippen molar-refractivity contribution in [3.63, 3.8) is 0 Å². The van der Waals surface area contributed by atoms with E-state index in [1.54, 1.807) is 6.07 Å². The van der Waals surface area contributed by atoms with Gasteiger partial charge in [-0.25, -0.2) is 4.39 Å². The molecule has 3 rings (SSSR count). The zero-order valence-corrected chi connectivity index (χ0v) is 12.1. The van der Waals surface area contributed by atoms with Crippen LogP contribution >= 0.6 is 15.9 Å². The zero-order chi connectivity index (χ0) is 14.1. The third-order valence-electron chi connectivity index (χ3n) is 3.25. The smallest absolute Gasteiger partial charge is 0.247 e. The van der Waals surface area contributed by atoms with Crippen molar-refractivity contribution in [2.45, 2.75) is 12.5 Å². The minimum atomic E-state index is -0.396. The van der Waals surface area contributed by atoms with Crippen LogP contribution in [0, 0.1) is 5.82 Å². The van der Waals surface area contributed by atoms with Gasteiger partial charge >= 0.3 is 0 Å². The lowest BCUT2D eigenvalue weighted by Crippen LogP contribution is -2.40. The Hall–Kier alpha value is -1.88. The van der Waals surface area contributed by atoms with Gasteiger partial charge in [-0.15, -0.1) is 0 Å². The van der Waals surface area contributed by atoms with Crippen LogP contribution in [0.5, 0.6) is 0 Å². The second kappa shape index (κ2) is 5.25. The van der Waals surface area contributed by atoms with Gasteiger partial charge in [0.2, 0.25) is 5.91 Å². The molecule has 1 amide bonds. The minimum Gasteiger partial charge on any atom is -0.372 e. The maximum Gasteiger partial charge on any atom is 0.247 e. The van der Waals surface area contributed by atoms with Gasteiger partial charge in [0.1, 0.15) is 11.9 Å². The molecular weight excluding hydrogens is 323 g/mol. The Morgan fingerprint density at radius 2 is 1.90 bits per heavy atom. The summed E-state index contributed by atoms with van der Waals surface area (Å²) in [5.41, 5.74) is 2.27.